The van der Waals surface area contributed by atoms with E-state index in [1.807, 2.05) is 47.1 Å². The van der Waals surface area contributed by atoms with Crippen molar-refractivity contribution in [2.24, 2.45) is 0 Å². The molecule has 1 amide bonds. The Bertz CT molecular complexity index is 720. The Hall–Kier alpha value is -2.01. The molecule has 0 N–H and O–H groups in total. The fraction of sp³-hybridized carbons (Fsp3) is 0.444. The van der Waals surface area contributed by atoms with Gasteiger partial charge in [0.25, 0.3) is 0 Å². The fourth-order valence-corrected chi connectivity index (χ4v) is 3.24. The molecule has 0 aliphatic carbocycles. The van der Waals surface area contributed by atoms with Crippen LogP contribution in [0, 0.1) is 13.8 Å². The number of nitrogens with zero attached hydrogens (tertiary/aromatic N) is 4. The molecule has 0 spiro atoms. The first-order valence-electron chi connectivity index (χ1n) is 8.31. The number of carbonyl (C=O) groups excluding carboxylic acids is 1. The zero-order valence-electron chi connectivity index (χ0n) is 14.2. The van der Waals surface area contributed by atoms with Crippen molar-refractivity contribution < 1.29 is 4.79 Å². The van der Waals surface area contributed by atoms with E-state index in [-0.39, 0.29) is 5.91 Å². The lowest BCUT2D eigenvalue weighted by atomic mass is 10.1. The van der Waals surface area contributed by atoms with E-state index in [0.717, 1.165) is 36.8 Å². The van der Waals surface area contributed by atoms with Crippen LogP contribution in [-0.2, 0) is 11.3 Å². The number of aryl methyl sites for hydroxylation is 3. The summed E-state index contributed by atoms with van der Waals surface area (Å²) < 4.78 is 1.83. The Labute approximate surface area is 147 Å². The first-order valence-corrected chi connectivity index (χ1v) is 8.68. The molecule has 0 bridgehead atoms. The summed E-state index contributed by atoms with van der Waals surface area (Å²) in [6, 6.07) is 5.97. The van der Waals surface area contributed by atoms with Crippen LogP contribution in [0.3, 0.4) is 0 Å². The zero-order valence-corrected chi connectivity index (χ0v) is 15.0. The second-order valence-corrected chi connectivity index (χ2v) is 6.77. The summed E-state index contributed by atoms with van der Waals surface area (Å²) in [5.41, 5.74) is 3.50. The van der Waals surface area contributed by atoms with Gasteiger partial charge in [-0.2, -0.15) is 5.10 Å². The Kier molecular flexibility index (Phi) is 5.09. The van der Waals surface area contributed by atoms with Crippen molar-refractivity contribution in [2.75, 3.05) is 31.1 Å². The van der Waals surface area contributed by atoms with Gasteiger partial charge in [0.05, 0.1) is 6.20 Å². The van der Waals surface area contributed by atoms with Gasteiger partial charge in [0, 0.05) is 56.1 Å². The van der Waals surface area contributed by atoms with E-state index in [4.69, 9.17) is 11.6 Å². The average molecular weight is 347 g/mol. The maximum Gasteiger partial charge on any atom is 0.224 e. The molecule has 0 saturated carbocycles. The van der Waals surface area contributed by atoms with Gasteiger partial charge in [0.1, 0.15) is 0 Å². The first kappa shape index (κ1) is 16.8. The van der Waals surface area contributed by atoms with Crippen molar-refractivity contribution in [1.29, 1.82) is 0 Å². The number of anilines is 1. The summed E-state index contributed by atoms with van der Waals surface area (Å²) in [4.78, 5) is 16.6. The van der Waals surface area contributed by atoms with Gasteiger partial charge in [0.2, 0.25) is 5.91 Å². The number of aromatic nitrogens is 2. The summed E-state index contributed by atoms with van der Waals surface area (Å²) >= 11 is 6.12. The standard InChI is InChI=1S/C18H23ClN4O/c1-14-12-20-23(13-14)6-5-18(24)22-9-7-21(8-10-22)17-11-16(19)4-3-15(17)2/h3-4,11-13H,5-10H2,1-2H3. The van der Waals surface area contributed by atoms with Crippen LogP contribution in [0.2, 0.25) is 5.02 Å². The van der Waals surface area contributed by atoms with E-state index < -0.39 is 0 Å². The molecule has 1 aromatic heterocycles. The van der Waals surface area contributed by atoms with Crippen molar-refractivity contribution >= 4 is 23.2 Å². The van der Waals surface area contributed by atoms with Gasteiger partial charge in [0.15, 0.2) is 0 Å². The van der Waals surface area contributed by atoms with Crippen molar-refractivity contribution in [3.63, 3.8) is 0 Å². The van der Waals surface area contributed by atoms with Gasteiger partial charge in [-0.05, 0) is 37.1 Å². The monoisotopic (exact) mass is 346 g/mol. The van der Waals surface area contributed by atoms with Crippen molar-refractivity contribution in [2.45, 2.75) is 26.8 Å². The quantitative estimate of drug-likeness (QED) is 0.854. The minimum absolute atomic E-state index is 0.200. The van der Waals surface area contributed by atoms with Gasteiger partial charge in [-0.15, -0.1) is 0 Å². The van der Waals surface area contributed by atoms with E-state index >= 15 is 0 Å². The first-order chi connectivity index (χ1) is 11.5. The topological polar surface area (TPSA) is 41.4 Å². The number of hydrogen-bond acceptors (Lipinski definition) is 3. The van der Waals surface area contributed by atoms with E-state index in [9.17, 15) is 4.79 Å². The van der Waals surface area contributed by atoms with Gasteiger partial charge >= 0.3 is 0 Å². The molecular weight excluding hydrogens is 324 g/mol. The molecule has 1 saturated heterocycles. The molecule has 5 nitrogen and oxygen atoms in total. The largest absolute Gasteiger partial charge is 0.368 e. The van der Waals surface area contributed by atoms with E-state index in [0.29, 0.717) is 13.0 Å². The summed E-state index contributed by atoms with van der Waals surface area (Å²) in [6.45, 7) is 7.92. The molecule has 2 aromatic rings. The van der Waals surface area contributed by atoms with Crippen molar-refractivity contribution in [1.82, 2.24) is 14.7 Å². The predicted octanol–water partition coefficient (Wildman–Crippen LogP) is 2.89. The third kappa shape index (κ3) is 3.90. The number of rotatable bonds is 4. The number of hydrogen-bond donors (Lipinski definition) is 0. The maximum absolute atomic E-state index is 12.4. The molecule has 1 aliphatic rings. The second kappa shape index (κ2) is 7.26. The minimum Gasteiger partial charge on any atom is -0.368 e. The van der Waals surface area contributed by atoms with Crippen molar-refractivity contribution in [3.8, 4) is 0 Å². The fourth-order valence-electron chi connectivity index (χ4n) is 3.08. The van der Waals surface area contributed by atoms with Crippen LogP contribution in [0.5, 0.6) is 0 Å². The number of piperazine rings is 1. The summed E-state index contributed by atoms with van der Waals surface area (Å²) in [6.07, 6.45) is 4.28. The highest BCUT2D eigenvalue weighted by molar-refractivity contribution is 6.30. The van der Waals surface area contributed by atoms with Crippen molar-refractivity contribution in [3.05, 3.63) is 46.7 Å². The molecule has 24 heavy (non-hydrogen) atoms. The number of amides is 1. The summed E-state index contributed by atoms with van der Waals surface area (Å²) in [5.74, 6) is 0.200. The van der Waals surface area contributed by atoms with Crippen LogP contribution >= 0.6 is 11.6 Å². The molecule has 128 valence electrons. The van der Waals surface area contributed by atoms with Crippen LogP contribution in [0.25, 0.3) is 0 Å². The van der Waals surface area contributed by atoms with Gasteiger partial charge in [-0.25, -0.2) is 0 Å². The third-order valence-electron chi connectivity index (χ3n) is 4.46. The molecule has 1 aliphatic heterocycles. The van der Waals surface area contributed by atoms with Crippen LogP contribution in [-0.4, -0.2) is 46.8 Å². The van der Waals surface area contributed by atoms with Gasteiger partial charge in [-0.1, -0.05) is 17.7 Å². The Morgan fingerprint density at radius 2 is 1.96 bits per heavy atom. The van der Waals surface area contributed by atoms with Crippen LogP contribution in [0.4, 0.5) is 5.69 Å². The summed E-state index contributed by atoms with van der Waals surface area (Å²) in [5, 5.41) is 4.98. The predicted molar refractivity (Wildman–Crippen MR) is 96.6 cm³/mol. The highest BCUT2D eigenvalue weighted by Gasteiger charge is 2.22. The van der Waals surface area contributed by atoms with E-state index in [1.54, 1.807) is 0 Å². The van der Waals surface area contributed by atoms with E-state index in [2.05, 4.69) is 16.9 Å². The lowest BCUT2D eigenvalue weighted by Gasteiger charge is -2.37. The van der Waals surface area contributed by atoms with Crippen LogP contribution in [0.15, 0.2) is 30.6 Å². The summed E-state index contributed by atoms with van der Waals surface area (Å²) in [7, 11) is 0. The number of carbonyl (C=O) groups is 1. The molecular formula is C18H23ClN4O. The maximum atomic E-state index is 12.4. The molecule has 3 rings (SSSR count). The van der Waals surface area contributed by atoms with E-state index in [1.165, 1.54) is 11.3 Å². The normalized spacial score (nSPS) is 15.0. The smallest absolute Gasteiger partial charge is 0.224 e. The van der Waals surface area contributed by atoms with Crippen LogP contribution < -0.4 is 4.90 Å². The second-order valence-electron chi connectivity index (χ2n) is 6.33. The Morgan fingerprint density at radius 3 is 2.62 bits per heavy atom. The SMILES string of the molecule is Cc1cnn(CCC(=O)N2CCN(c3cc(Cl)ccc3C)CC2)c1. The molecule has 0 radical (unpaired) electrons. The lowest BCUT2D eigenvalue weighted by molar-refractivity contribution is -0.131. The lowest BCUT2D eigenvalue weighted by Crippen LogP contribution is -2.49. The molecule has 0 unspecified atom stereocenters. The number of benzene rings is 1. The molecule has 2 heterocycles. The zero-order chi connectivity index (χ0) is 17.1. The Balaban J connectivity index is 1.52. The highest BCUT2D eigenvalue weighted by atomic mass is 35.5. The van der Waals surface area contributed by atoms with Gasteiger partial charge < -0.3 is 9.80 Å². The highest BCUT2D eigenvalue weighted by Crippen LogP contribution is 2.25. The molecule has 1 aromatic carbocycles. The van der Waals surface area contributed by atoms with Gasteiger partial charge in [-0.3, -0.25) is 9.48 Å². The average Bonchev–Trinajstić information content (AvgIpc) is 3.00. The molecule has 6 heteroatoms. The molecule has 0 atom stereocenters. The third-order valence-corrected chi connectivity index (χ3v) is 4.70. The van der Waals surface area contributed by atoms with Crippen LogP contribution in [0.1, 0.15) is 17.5 Å². The number of halogens is 1. The molecule has 1 fully saturated rings. The Morgan fingerprint density at radius 1 is 1.21 bits per heavy atom. The minimum atomic E-state index is 0.200.